The highest BCUT2D eigenvalue weighted by Crippen LogP contribution is 2.28. The van der Waals surface area contributed by atoms with Crippen LogP contribution in [-0.2, 0) is 14.8 Å². The molecule has 1 aliphatic carbocycles. The van der Waals surface area contributed by atoms with E-state index in [4.69, 9.17) is 11.6 Å². The minimum absolute atomic E-state index is 0.158. The summed E-state index contributed by atoms with van der Waals surface area (Å²) in [4.78, 5) is 12.8. The highest BCUT2D eigenvalue weighted by molar-refractivity contribution is 7.89. The molecule has 2 aromatic rings. The van der Waals surface area contributed by atoms with Gasteiger partial charge < -0.3 is 5.32 Å². The minimum atomic E-state index is -3.80. The Morgan fingerprint density at radius 2 is 1.79 bits per heavy atom. The molecule has 0 saturated heterocycles. The Kier molecular flexibility index (Phi) is 6.75. The van der Waals surface area contributed by atoms with E-state index in [-0.39, 0.29) is 23.4 Å². The maximum Gasteiger partial charge on any atom is 0.243 e. The fraction of sp³-hybridized carbons (Fsp3) is 0.381. The lowest BCUT2D eigenvalue weighted by Gasteiger charge is -2.33. The van der Waals surface area contributed by atoms with Crippen molar-refractivity contribution in [3.05, 3.63) is 59.1 Å². The summed E-state index contributed by atoms with van der Waals surface area (Å²) in [5.41, 5.74) is 1.69. The molecule has 0 spiro atoms. The molecule has 150 valence electrons. The van der Waals surface area contributed by atoms with Crippen LogP contribution in [0.1, 0.15) is 37.7 Å². The van der Waals surface area contributed by atoms with Crippen LogP contribution in [0.25, 0.3) is 0 Å². The largest absolute Gasteiger partial charge is 0.325 e. The molecule has 28 heavy (non-hydrogen) atoms. The van der Waals surface area contributed by atoms with E-state index in [0.717, 1.165) is 37.7 Å². The second-order valence-electron chi connectivity index (χ2n) is 7.21. The van der Waals surface area contributed by atoms with Crippen LogP contribution in [0, 0.1) is 6.92 Å². The van der Waals surface area contributed by atoms with E-state index in [1.165, 1.54) is 16.4 Å². The first-order valence-electron chi connectivity index (χ1n) is 9.50. The molecule has 1 aliphatic rings. The van der Waals surface area contributed by atoms with Gasteiger partial charge in [-0.3, -0.25) is 4.79 Å². The van der Waals surface area contributed by atoms with Crippen LogP contribution in [0.3, 0.4) is 0 Å². The van der Waals surface area contributed by atoms with Gasteiger partial charge in [-0.2, -0.15) is 4.31 Å². The molecule has 0 aliphatic heterocycles. The molecule has 3 rings (SSSR count). The molecule has 1 saturated carbocycles. The van der Waals surface area contributed by atoms with Crippen LogP contribution in [-0.4, -0.2) is 31.2 Å². The van der Waals surface area contributed by atoms with Crippen LogP contribution >= 0.6 is 11.6 Å². The van der Waals surface area contributed by atoms with Crippen LogP contribution in [0.4, 0.5) is 5.69 Å². The van der Waals surface area contributed by atoms with E-state index in [0.29, 0.717) is 10.7 Å². The fourth-order valence-corrected chi connectivity index (χ4v) is 5.35. The summed E-state index contributed by atoms with van der Waals surface area (Å²) in [6.07, 6.45) is 4.57. The van der Waals surface area contributed by atoms with Crippen molar-refractivity contribution < 1.29 is 13.2 Å². The van der Waals surface area contributed by atoms with Gasteiger partial charge in [-0.15, -0.1) is 0 Å². The summed E-state index contributed by atoms with van der Waals surface area (Å²) in [6.45, 7) is 1.73. The molecule has 1 fully saturated rings. The number of sulfonamides is 1. The molecule has 0 radical (unpaired) electrons. The lowest BCUT2D eigenvalue weighted by Crippen LogP contribution is -2.45. The molecule has 5 nitrogen and oxygen atoms in total. The highest BCUT2D eigenvalue weighted by Gasteiger charge is 2.34. The maximum atomic E-state index is 13.3. The predicted octanol–water partition coefficient (Wildman–Crippen LogP) is 4.61. The van der Waals surface area contributed by atoms with Crippen molar-refractivity contribution in [2.24, 2.45) is 0 Å². The summed E-state index contributed by atoms with van der Waals surface area (Å²) in [5, 5.41) is 3.29. The fourth-order valence-electron chi connectivity index (χ4n) is 3.59. The van der Waals surface area contributed by atoms with Crippen molar-refractivity contribution in [1.82, 2.24) is 4.31 Å². The standard InChI is InChI=1S/C21H25ClN2O3S/c1-16-6-5-7-18(14-16)23-21(25)15-24(19-8-3-2-4-9-19)28(26,27)20-12-10-17(22)11-13-20/h5-7,10-14,19H,2-4,8-9,15H2,1H3,(H,23,25). The lowest BCUT2D eigenvalue weighted by molar-refractivity contribution is -0.116. The van der Waals surface area contributed by atoms with Crippen molar-refractivity contribution in [3.8, 4) is 0 Å². The van der Waals surface area contributed by atoms with E-state index in [9.17, 15) is 13.2 Å². The Hall–Kier alpha value is -1.89. The van der Waals surface area contributed by atoms with Crippen LogP contribution in [0.5, 0.6) is 0 Å². The van der Waals surface area contributed by atoms with Crippen LogP contribution in [0.15, 0.2) is 53.4 Å². The Morgan fingerprint density at radius 1 is 1.11 bits per heavy atom. The Morgan fingerprint density at radius 3 is 2.43 bits per heavy atom. The van der Waals surface area contributed by atoms with Crippen molar-refractivity contribution >= 4 is 33.2 Å². The van der Waals surface area contributed by atoms with Gasteiger partial charge >= 0.3 is 0 Å². The number of rotatable bonds is 6. The monoisotopic (exact) mass is 420 g/mol. The number of halogens is 1. The Balaban J connectivity index is 1.84. The zero-order chi connectivity index (χ0) is 20.1. The first kappa shape index (κ1) is 20.8. The first-order valence-corrected chi connectivity index (χ1v) is 11.3. The average Bonchev–Trinajstić information content (AvgIpc) is 2.67. The topological polar surface area (TPSA) is 66.5 Å². The molecule has 1 amide bonds. The van der Waals surface area contributed by atoms with Gasteiger partial charge in [0.15, 0.2) is 0 Å². The van der Waals surface area contributed by atoms with E-state index in [1.807, 2.05) is 25.1 Å². The molecule has 0 unspecified atom stereocenters. The zero-order valence-electron chi connectivity index (χ0n) is 15.9. The Labute approximate surface area is 171 Å². The second-order valence-corrected chi connectivity index (χ2v) is 9.54. The zero-order valence-corrected chi connectivity index (χ0v) is 17.5. The van der Waals surface area contributed by atoms with Crippen molar-refractivity contribution in [3.63, 3.8) is 0 Å². The minimum Gasteiger partial charge on any atom is -0.325 e. The third kappa shape index (κ3) is 5.13. The normalized spacial score (nSPS) is 15.5. The number of hydrogen-bond acceptors (Lipinski definition) is 3. The molecular formula is C21H25ClN2O3S. The summed E-state index contributed by atoms with van der Waals surface area (Å²) in [6, 6.07) is 13.4. The van der Waals surface area contributed by atoms with Gasteiger partial charge in [0.1, 0.15) is 0 Å². The van der Waals surface area contributed by atoms with Gasteiger partial charge in [-0.25, -0.2) is 8.42 Å². The number of nitrogens with zero attached hydrogens (tertiary/aromatic N) is 1. The average molecular weight is 421 g/mol. The number of hydrogen-bond donors (Lipinski definition) is 1. The molecule has 0 aromatic heterocycles. The molecule has 0 heterocycles. The van der Waals surface area contributed by atoms with Crippen LogP contribution in [0.2, 0.25) is 5.02 Å². The molecule has 0 bridgehead atoms. The maximum absolute atomic E-state index is 13.3. The first-order chi connectivity index (χ1) is 13.4. The highest BCUT2D eigenvalue weighted by atomic mass is 35.5. The predicted molar refractivity (Wildman–Crippen MR) is 112 cm³/mol. The SMILES string of the molecule is Cc1cccc(NC(=O)CN(C2CCCCC2)S(=O)(=O)c2ccc(Cl)cc2)c1. The van der Waals surface area contributed by atoms with E-state index in [1.54, 1.807) is 18.2 Å². The summed E-state index contributed by atoms with van der Waals surface area (Å²) >= 11 is 5.90. The smallest absolute Gasteiger partial charge is 0.243 e. The van der Waals surface area contributed by atoms with Gasteiger partial charge in [0.25, 0.3) is 0 Å². The van der Waals surface area contributed by atoms with Gasteiger partial charge in [-0.05, 0) is 61.7 Å². The van der Waals surface area contributed by atoms with Crippen LogP contribution < -0.4 is 5.32 Å². The summed E-state index contributed by atoms with van der Waals surface area (Å²) < 4.78 is 27.9. The van der Waals surface area contributed by atoms with Crippen molar-refractivity contribution in [2.45, 2.75) is 50.0 Å². The third-order valence-corrected chi connectivity index (χ3v) is 7.17. The number of anilines is 1. The number of benzene rings is 2. The van der Waals surface area contributed by atoms with Gasteiger partial charge in [-0.1, -0.05) is 43.0 Å². The van der Waals surface area contributed by atoms with Crippen molar-refractivity contribution in [2.75, 3.05) is 11.9 Å². The Bertz CT molecular complexity index is 923. The molecule has 2 aromatic carbocycles. The molecular weight excluding hydrogens is 396 g/mol. The second kappa shape index (κ2) is 9.07. The van der Waals surface area contributed by atoms with E-state index >= 15 is 0 Å². The van der Waals surface area contributed by atoms with Gasteiger partial charge in [0, 0.05) is 16.8 Å². The molecule has 7 heteroatoms. The quantitative estimate of drug-likeness (QED) is 0.741. The number of aryl methyl sites for hydroxylation is 1. The number of carbonyl (C=O) groups is 1. The number of nitrogens with one attached hydrogen (secondary N) is 1. The summed E-state index contributed by atoms with van der Waals surface area (Å²) in [5.74, 6) is -0.339. The lowest BCUT2D eigenvalue weighted by atomic mass is 9.95. The number of amides is 1. The van der Waals surface area contributed by atoms with Gasteiger partial charge in [0.2, 0.25) is 15.9 Å². The third-order valence-electron chi connectivity index (χ3n) is 5.00. The summed E-state index contributed by atoms with van der Waals surface area (Å²) in [7, 11) is -3.80. The molecule has 0 atom stereocenters. The van der Waals surface area contributed by atoms with Crippen molar-refractivity contribution in [1.29, 1.82) is 0 Å². The molecule has 1 N–H and O–H groups in total. The van der Waals surface area contributed by atoms with E-state index < -0.39 is 10.0 Å². The van der Waals surface area contributed by atoms with E-state index in [2.05, 4.69) is 5.32 Å². The van der Waals surface area contributed by atoms with Gasteiger partial charge in [0.05, 0.1) is 11.4 Å². The number of carbonyl (C=O) groups excluding carboxylic acids is 1.